The number of piperidine rings is 1. The molecular weight excluding hydrogens is 164 g/mol. The quantitative estimate of drug-likeness (QED) is 0.656. The van der Waals surface area contributed by atoms with Crippen LogP contribution >= 0.6 is 0 Å². The predicted octanol–water partition coefficient (Wildman–Crippen LogP) is 0.505. The normalized spacial score (nSPS) is 40.8. The van der Waals surface area contributed by atoms with E-state index < -0.39 is 0 Å². The summed E-state index contributed by atoms with van der Waals surface area (Å²) in [5.41, 5.74) is 0. The average molecular weight is 184 g/mol. The lowest BCUT2D eigenvalue weighted by Crippen LogP contribution is -2.48. The van der Waals surface area contributed by atoms with Gasteiger partial charge in [-0.2, -0.15) is 0 Å². The fourth-order valence-corrected chi connectivity index (χ4v) is 2.28. The highest BCUT2D eigenvalue weighted by atomic mass is 16.5. The van der Waals surface area contributed by atoms with Crippen molar-refractivity contribution in [2.45, 2.75) is 44.3 Å². The van der Waals surface area contributed by atoms with Gasteiger partial charge in [0.2, 0.25) is 0 Å². The van der Waals surface area contributed by atoms with Crippen LogP contribution in [0.2, 0.25) is 0 Å². The molecule has 2 aliphatic heterocycles. The summed E-state index contributed by atoms with van der Waals surface area (Å²) in [7, 11) is 0. The van der Waals surface area contributed by atoms with E-state index in [4.69, 9.17) is 4.74 Å². The van der Waals surface area contributed by atoms with Crippen LogP contribution in [0.4, 0.5) is 0 Å². The predicted molar refractivity (Wildman–Crippen MR) is 52.8 cm³/mol. The molecule has 2 fully saturated rings. The fourth-order valence-electron chi connectivity index (χ4n) is 2.28. The molecule has 2 rings (SSSR count). The maximum Gasteiger partial charge on any atom is 0.0620 e. The van der Waals surface area contributed by atoms with Crippen LogP contribution in [0, 0.1) is 0 Å². The molecule has 0 radical (unpaired) electrons. The molecule has 0 spiro atoms. The zero-order valence-electron chi connectivity index (χ0n) is 8.38. The lowest BCUT2D eigenvalue weighted by Gasteiger charge is -2.30. The number of rotatable bonds is 2. The van der Waals surface area contributed by atoms with Crippen LogP contribution < -0.4 is 10.6 Å². The summed E-state index contributed by atoms with van der Waals surface area (Å²) in [5, 5.41) is 7.15. The topological polar surface area (TPSA) is 33.3 Å². The molecule has 2 saturated heterocycles. The number of hydrogen-bond donors (Lipinski definition) is 2. The first-order chi connectivity index (χ1) is 6.34. The first-order valence-corrected chi connectivity index (χ1v) is 5.42. The van der Waals surface area contributed by atoms with E-state index in [1.54, 1.807) is 0 Å². The summed E-state index contributed by atoms with van der Waals surface area (Å²) in [5.74, 6) is 0. The Hall–Kier alpha value is -0.120. The molecule has 0 amide bonds. The van der Waals surface area contributed by atoms with Crippen LogP contribution in [0.1, 0.15) is 26.2 Å². The van der Waals surface area contributed by atoms with Gasteiger partial charge in [-0.25, -0.2) is 0 Å². The number of hydrogen-bond acceptors (Lipinski definition) is 3. The second kappa shape index (κ2) is 4.40. The fraction of sp³-hybridized carbons (Fsp3) is 1.00. The molecule has 3 nitrogen and oxygen atoms in total. The molecular formula is C10H20N2O. The highest BCUT2D eigenvalue weighted by Crippen LogP contribution is 2.12. The van der Waals surface area contributed by atoms with Crippen LogP contribution in [0.3, 0.4) is 0 Å². The minimum Gasteiger partial charge on any atom is -0.380 e. The molecule has 0 aromatic rings. The number of nitrogens with one attached hydrogen (secondary N) is 2. The van der Waals surface area contributed by atoms with Crippen LogP contribution in [-0.4, -0.2) is 37.9 Å². The molecule has 3 atom stereocenters. The lowest BCUT2D eigenvalue weighted by molar-refractivity contribution is 0.185. The Morgan fingerprint density at radius 1 is 1.31 bits per heavy atom. The Balaban J connectivity index is 1.73. The van der Waals surface area contributed by atoms with E-state index in [0.717, 1.165) is 19.8 Å². The van der Waals surface area contributed by atoms with E-state index in [0.29, 0.717) is 18.1 Å². The summed E-state index contributed by atoms with van der Waals surface area (Å²) in [6.07, 6.45) is 3.72. The SMILES string of the molecule is C[C@@H]1C[C@@H](NC2CCOC2)CCN1. The van der Waals surface area contributed by atoms with Crippen molar-refractivity contribution in [3.8, 4) is 0 Å². The van der Waals surface area contributed by atoms with Crippen molar-refractivity contribution in [1.29, 1.82) is 0 Å². The van der Waals surface area contributed by atoms with Crippen LogP contribution in [0.25, 0.3) is 0 Å². The number of ether oxygens (including phenoxy) is 1. The smallest absolute Gasteiger partial charge is 0.0620 e. The van der Waals surface area contributed by atoms with Gasteiger partial charge in [-0.05, 0) is 32.7 Å². The van der Waals surface area contributed by atoms with Crippen LogP contribution in [0.5, 0.6) is 0 Å². The monoisotopic (exact) mass is 184 g/mol. The summed E-state index contributed by atoms with van der Waals surface area (Å²) < 4.78 is 5.35. The first-order valence-electron chi connectivity index (χ1n) is 5.42. The largest absolute Gasteiger partial charge is 0.380 e. The molecule has 1 unspecified atom stereocenters. The van der Waals surface area contributed by atoms with Crippen molar-refractivity contribution >= 4 is 0 Å². The minimum atomic E-state index is 0.621. The first kappa shape index (κ1) is 9.44. The van der Waals surface area contributed by atoms with Crippen molar-refractivity contribution in [2.75, 3.05) is 19.8 Å². The van der Waals surface area contributed by atoms with Crippen molar-refractivity contribution in [3.63, 3.8) is 0 Å². The van der Waals surface area contributed by atoms with E-state index in [2.05, 4.69) is 17.6 Å². The Morgan fingerprint density at radius 2 is 2.23 bits per heavy atom. The van der Waals surface area contributed by atoms with Crippen molar-refractivity contribution < 1.29 is 4.74 Å². The third-order valence-electron chi connectivity index (χ3n) is 3.02. The summed E-state index contributed by atoms with van der Waals surface area (Å²) in [6.45, 7) is 5.28. The summed E-state index contributed by atoms with van der Waals surface area (Å²) >= 11 is 0. The van der Waals surface area contributed by atoms with E-state index >= 15 is 0 Å². The third-order valence-corrected chi connectivity index (χ3v) is 3.02. The lowest BCUT2D eigenvalue weighted by atomic mass is 9.99. The van der Waals surface area contributed by atoms with Gasteiger partial charge in [0, 0.05) is 24.7 Å². The molecule has 0 bridgehead atoms. The maximum atomic E-state index is 5.35. The van der Waals surface area contributed by atoms with Crippen molar-refractivity contribution in [3.05, 3.63) is 0 Å². The van der Waals surface area contributed by atoms with Gasteiger partial charge < -0.3 is 15.4 Å². The Morgan fingerprint density at radius 3 is 2.92 bits per heavy atom. The molecule has 13 heavy (non-hydrogen) atoms. The van der Waals surface area contributed by atoms with Gasteiger partial charge in [0.15, 0.2) is 0 Å². The second-order valence-electron chi connectivity index (χ2n) is 4.30. The van der Waals surface area contributed by atoms with Gasteiger partial charge in [-0.1, -0.05) is 0 Å². The Labute approximate surface area is 80.2 Å². The zero-order valence-corrected chi connectivity index (χ0v) is 8.38. The third kappa shape index (κ3) is 2.66. The molecule has 3 heteroatoms. The second-order valence-corrected chi connectivity index (χ2v) is 4.30. The van der Waals surface area contributed by atoms with Crippen molar-refractivity contribution in [2.24, 2.45) is 0 Å². The molecule has 2 heterocycles. The van der Waals surface area contributed by atoms with Crippen LogP contribution in [-0.2, 0) is 4.74 Å². The van der Waals surface area contributed by atoms with Crippen LogP contribution in [0.15, 0.2) is 0 Å². The molecule has 2 aliphatic rings. The molecule has 0 aromatic carbocycles. The molecule has 0 aromatic heterocycles. The molecule has 0 saturated carbocycles. The van der Waals surface area contributed by atoms with Gasteiger partial charge in [0.05, 0.1) is 6.61 Å². The highest BCUT2D eigenvalue weighted by Gasteiger charge is 2.23. The zero-order chi connectivity index (χ0) is 9.10. The van der Waals surface area contributed by atoms with E-state index in [-0.39, 0.29) is 0 Å². The van der Waals surface area contributed by atoms with Gasteiger partial charge >= 0.3 is 0 Å². The Kier molecular flexibility index (Phi) is 3.19. The summed E-state index contributed by atoms with van der Waals surface area (Å²) in [6, 6.07) is 2.01. The average Bonchev–Trinajstić information content (AvgIpc) is 2.57. The van der Waals surface area contributed by atoms with Crippen molar-refractivity contribution in [1.82, 2.24) is 10.6 Å². The maximum absolute atomic E-state index is 5.35. The summed E-state index contributed by atoms with van der Waals surface area (Å²) in [4.78, 5) is 0. The van der Waals surface area contributed by atoms with Gasteiger partial charge in [0.25, 0.3) is 0 Å². The molecule has 2 N–H and O–H groups in total. The standard InChI is InChI=1S/C10H20N2O/c1-8-6-9(2-4-11-8)12-10-3-5-13-7-10/h8-12H,2-7H2,1H3/t8-,9+,10?/m1/s1. The van der Waals surface area contributed by atoms with E-state index in [9.17, 15) is 0 Å². The Bertz CT molecular complexity index is 157. The highest BCUT2D eigenvalue weighted by molar-refractivity contribution is 4.83. The molecule has 76 valence electrons. The van der Waals surface area contributed by atoms with Gasteiger partial charge in [0.1, 0.15) is 0 Å². The minimum absolute atomic E-state index is 0.621. The van der Waals surface area contributed by atoms with Gasteiger partial charge in [-0.3, -0.25) is 0 Å². The van der Waals surface area contributed by atoms with E-state index in [1.165, 1.54) is 19.3 Å². The van der Waals surface area contributed by atoms with Gasteiger partial charge in [-0.15, -0.1) is 0 Å². The van der Waals surface area contributed by atoms with E-state index in [1.807, 2.05) is 0 Å². The molecule has 0 aliphatic carbocycles.